The first-order chi connectivity index (χ1) is 13.4. The Hall–Kier alpha value is -2.58. The minimum Gasteiger partial charge on any atom is -0.465 e. The lowest BCUT2D eigenvalue weighted by molar-refractivity contribution is -0.158. The van der Waals surface area contributed by atoms with E-state index in [0.29, 0.717) is 6.42 Å². The lowest BCUT2D eigenvalue weighted by atomic mass is 9.74. The Morgan fingerprint density at radius 2 is 1.55 bits per heavy atom. The predicted molar refractivity (Wildman–Crippen MR) is 117 cm³/mol. The summed E-state index contributed by atoms with van der Waals surface area (Å²) < 4.78 is 10.7. The van der Waals surface area contributed by atoms with Crippen molar-refractivity contribution in [1.82, 2.24) is 0 Å². The monoisotopic (exact) mass is 398 g/mol. The molecule has 1 aromatic carbocycles. The summed E-state index contributed by atoms with van der Waals surface area (Å²) in [6.45, 7) is 13.9. The van der Waals surface area contributed by atoms with Crippen LogP contribution in [0.15, 0.2) is 53.3 Å². The highest BCUT2D eigenvalue weighted by Crippen LogP contribution is 2.36. The highest BCUT2D eigenvalue weighted by molar-refractivity contribution is 5.92. The number of allylic oxidation sites excluding steroid dienone is 1. The Labute approximate surface area is 175 Å². The summed E-state index contributed by atoms with van der Waals surface area (Å²) in [6, 6.07) is 9.76. The summed E-state index contributed by atoms with van der Waals surface area (Å²) in [6.07, 6.45) is 3.76. The van der Waals surface area contributed by atoms with E-state index < -0.39 is 11.9 Å². The Morgan fingerprint density at radius 1 is 1.00 bits per heavy atom. The molecule has 29 heavy (non-hydrogen) atoms. The van der Waals surface area contributed by atoms with Crippen molar-refractivity contribution in [3.8, 4) is 0 Å². The van der Waals surface area contributed by atoms with Gasteiger partial charge >= 0.3 is 11.9 Å². The number of methoxy groups -OCH3 is 1. The number of rotatable bonds is 6. The van der Waals surface area contributed by atoms with Crippen LogP contribution in [0.3, 0.4) is 0 Å². The van der Waals surface area contributed by atoms with Crippen LogP contribution in [0.1, 0.15) is 60.5 Å². The highest BCUT2D eigenvalue weighted by Gasteiger charge is 2.38. The van der Waals surface area contributed by atoms with Gasteiger partial charge in [0.15, 0.2) is 0 Å². The van der Waals surface area contributed by atoms with Crippen molar-refractivity contribution in [2.24, 2.45) is 10.8 Å². The average molecular weight is 399 g/mol. The Morgan fingerprint density at radius 3 is 2.03 bits per heavy atom. The van der Waals surface area contributed by atoms with Gasteiger partial charge in [0.1, 0.15) is 6.10 Å². The van der Waals surface area contributed by atoms with Crippen LogP contribution in [0.4, 0.5) is 0 Å². The van der Waals surface area contributed by atoms with Gasteiger partial charge in [-0.2, -0.15) is 0 Å². The van der Waals surface area contributed by atoms with Gasteiger partial charge in [0.2, 0.25) is 0 Å². The van der Waals surface area contributed by atoms with Crippen molar-refractivity contribution in [2.45, 2.75) is 61.0 Å². The SMILES string of the molecule is COC(=O)C(=C=C(C)C(=O)OC(C(C)(C)C)C(C)(C)C)C/C=C/c1ccccc1. The van der Waals surface area contributed by atoms with E-state index in [1.165, 1.54) is 7.11 Å². The zero-order chi connectivity index (χ0) is 22.2. The van der Waals surface area contributed by atoms with Crippen molar-refractivity contribution in [1.29, 1.82) is 0 Å². The first-order valence-corrected chi connectivity index (χ1v) is 9.83. The predicted octanol–water partition coefficient (Wildman–Crippen LogP) is 5.74. The number of benzene rings is 1. The van der Waals surface area contributed by atoms with Gasteiger partial charge in [-0.25, -0.2) is 9.59 Å². The Kier molecular flexibility index (Phi) is 8.66. The third-order valence-corrected chi connectivity index (χ3v) is 4.31. The minimum atomic E-state index is -0.516. The van der Waals surface area contributed by atoms with Gasteiger partial charge in [-0.05, 0) is 23.3 Å². The van der Waals surface area contributed by atoms with Crippen LogP contribution in [-0.2, 0) is 19.1 Å². The molecule has 158 valence electrons. The molecule has 0 aromatic heterocycles. The topological polar surface area (TPSA) is 52.6 Å². The summed E-state index contributed by atoms with van der Waals surface area (Å²) in [4.78, 5) is 24.8. The first kappa shape index (κ1) is 24.5. The van der Waals surface area contributed by atoms with E-state index >= 15 is 0 Å². The zero-order valence-electron chi connectivity index (χ0n) is 19.0. The van der Waals surface area contributed by atoms with Crippen molar-refractivity contribution in [3.05, 3.63) is 58.8 Å². The van der Waals surface area contributed by atoms with Gasteiger partial charge in [-0.1, -0.05) is 89.8 Å². The largest absolute Gasteiger partial charge is 0.465 e. The number of hydrogen-bond acceptors (Lipinski definition) is 4. The maximum absolute atomic E-state index is 12.7. The lowest BCUT2D eigenvalue weighted by Crippen LogP contribution is -2.42. The zero-order valence-corrected chi connectivity index (χ0v) is 19.0. The molecule has 0 amide bonds. The molecule has 0 aliphatic carbocycles. The fourth-order valence-electron chi connectivity index (χ4n) is 3.31. The third kappa shape index (κ3) is 8.13. The third-order valence-electron chi connectivity index (χ3n) is 4.31. The van der Waals surface area contributed by atoms with Gasteiger partial charge in [0.25, 0.3) is 0 Å². The van der Waals surface area contributed by atoms with E-state index in [9.17, 15) is 9.59 Å². The summed E-state index contributed by atoms with van der Waals surface area (Å²) in [7, 11) is 1.31. The van der Waals surface area contributed by atoms with Crippen molar-refractivity contribution < 1.29 is 19.1 Å². The molecule has 0 saturated carbocycles. The highest BCUT2D eigenvalue weighted by atomic mass is 16.5. The summed E-state index contributed by atoms with van der Waals surface area (Å²) in [5, 5.41) is 0. The van der Waals surface area contributed by atoms with E-state index in [-0.39, 0.29) is 28.1 Å². The van der Waals surface area contributed by atoms with E-state index in [4.69, 9.17) is 9.47 Å². The van der Waals surface area contributed by atoms with Crippen LogP contribution >= 0.6 is 0 Å². The summed E-state index contributed by atoms with van der Waals surface area (Å²) >= 11 is 0. The van der Waals surface area contributed by atoms with E-state index in [1.54, 1.807) is 6.92 Å². The standard InChI is InChI=1S/C25H34O4/c1-18(21(26)29-23(24(2,3)4)25(5,6)7)17-20(22(27)28-8)16-12-15-19-13-10-9-11-14-19/h9-15,23H,16H2,1-8H3/b15-12+. The normalized spacial score (nSPS) is 11.9. The molecule has 0 heterocycles. The molecule has 0 atom stereocenters. The molecule has 0 unspecified atom stereocenters. The molecule has 0 radical (unpaired) electrons. The van der Waals surface area contributed by atoms with Gasteiger partial charge in [0, 0.05) is 6.42 Å². The number of ether oxygens (including phenoxy) is 2. The number of hydrogen-bond donors (Lipinski definition) is 0. The second-order valence-electron chi connectivity index (χ2n) is 9.25. The number of carbonyl (C=O) groups is 2. The van der Waals surface area contributed by atoms with Crippen LogP contribution in [0.2, 0.25) is 0 Å². The maximum Gasteiger partial charge on any atom is 0.341 e. The average Bonchev–Trinajstić information content (AvgIpc) is 2.63. The maximum atomic E-state index is 12.7. The second-order valence-corrected chi connectivity index (χ2v) is 9.25. The molecule has 1 aromatic rings. The molecule has 0 aliphatic rings. The smallest absolute Gasteiger partial charge is 0.341 e. The van der Waals surface area contributed by atoms with E-state index in [2.05, 4.69) is 5.73 Å². The van der Waals surface area contributed by atoms with E-state index in [0.717, 1.165) is 5.56 Å². The Bertz CT molecular complexity index is 781. The molecule has 4 heteroatoms. The number of esters is 2. The van der Waals surface area contributed by atoms with Gasteiger partial charge < -0.3 is 9.47 Å². The van der Waals surface area contributed by atoms with Crippen LogP contribution in [-0.4, -0.2) is 25.2 Å². The van der Waals surface area contributed by atoms with Crippen LogP contribution in [0.5, 0.6) is 0 Å². The fourth-order valence-corrected chi connectivity index (χ4v) is 3.31. The quantitative estimate of drug-likeness (QED) is 0.348. The minimum absolute atomic E-state index is 0.221. The second kappa shape index (κ2) is 10.3. The lowest BCUT2D eigenvalue weighted by Gasteiger charge is -2.39. The van der Waals surface area contributed by atoms with Gasteiger partial charge in [0.05, 0.1) is 18.3 Å². The van der Waals surface area contributed by atoms with Crippen molar-refractivity contribution >= 4 is 18.0 Å². The molecule has 0 fully saturated rings. The molecule has 0 N–H and O–H groups in total. The molecule has 0 saturated heterocycles. The van der Waals surface area contributed by atoms with Crippen LogP contribution in [0.25, 0.3) is 6.08 Å². The Balaban J connectivity index is 3.12. The molecular weight excluding hydrogens is 364 g/mol. The van der Waals surface area contributed by atoms with Gasteiger partial charge in [-0.3, -0.25) is 0 Å². The molecule has 1 rings (SSSR count). The number of carbonyl (C=O) groups excluding carboxylic acids is 2. The molecule has 4 nitrogen and oxygen atoms in total. The fraction of sp³-hybridized carbons (Fsp3) is 0.480. The molecular formula is C25H34O4. The molecule has 0 bridgehead atoms. The van der Waals surface area contributed by atoms with Crippen LogP contribution in [0, 0.1) is 10.8 Å². The molecule has 0 spiro atoms. The van der Waals surface area contributed by atoms with Gasteiger partial charge in [-0.15, -0.1) is 0 Å². The summed E-state index contributed by atoms with van der Waals surface area (Å²) in [5.41, 5.74) is 4.00. The van der Waals surface area contributed by atoms with Crippen LogP contribution < -0.4 is 0 Å². The van der Waals surface area contributed by atoms with Crippen molar-refractivity contribution in [3.63, 3.8) is 0 Å². The molecule has 0 aliphatic heterocycles. The van der Waals surface area contributed by atoms with Crippen molar-refractivity contribution in [2.75, 3.05) is 7.11 Å². The summed E-state index contributed by atoms with van der Waals surface area (Å²) in [5.74, 6) is -0.994. The van der Waals surface area contributed by atoms with E-state index in [1.807, 2.05) is 84.0 Å². The first-order valence-electron chi connectivity index (χ1n) is 9.83.